The Morgan fingerprint density at radius 3 is 2.41 bits per heavy atom. The molecule has 4 heteroatoms. The minimum Gasteiger partial charge on any atom is -0.421 e. The molecule has 0 spiro atoms. The molecule has 3 aromatic rings. The Balaban J connectivity index is 1.92. The Kier molecular flexibility index (Phi) is 2.38. The van der Waals surface area contributed by atoms with E-state index < -0.39 is 0 Å². The van der Waals surface area contributed by atoms with Gasteiger partial charge in [0.1, 0.15) is 5.52 Å². The molecule has 82 valence electrons. The lowest BCUT2D eigenvalue weighted by molar-refractivity contribution is 0.606. The molecule has 0 saturated carbocycles. The molecule has 0 aliphatic heterocycles. The number of aromatic nitrogens is 1. The predicted molar refractivity (Wildman–Crippen MR) is 64.6 cm³/mol. The van der Waals surface area contributed by atoms with E-state index >= 15 is 0 Å². The summed E-state index contributed by atoms with van der Waals surface area (Å²) in [6, 6.07) is 17.3. The lowest BCUT2D eigenvalue weighted by atomic mass is 10.3. The number of para-hydroxylation sites is 2. The van der Waals surface area contributed by atoms with E-state index in [9.17, 15) is 0 Å². The number of nitrogens with zero attached hydrogens (tertiary/aromatic N) is 3. The Morgan fingerprint density at radius 2 is 1.59 bits per heavy atom. The summed E-state index contributed by atoms with van der Waals surface area (Å²) >= 11 is 0. The molecule has 0 N–H and O–H groups in total. The molecule has 0 aliphatic carbocycles. The van der Waals surface area contributed by atoms with Crippen molar-refractivity contribution in [2.24, 2.45) is 10.2 Å². The van der Waals surface area contributed by atoms with Crippen LogP contribution in [0.4, 0.5) is 11.7 Å². The predicted octanol–water partition coefficient (Wildman–Crippen LogP) is 4.24. The molecule has 3 rings (SSSR count). The van der Waals surface area contributed by atoms with Crippen LogP contribution in [0.15, 0.2) is 69.2 Å². The van der Waals surface area contributed by atoms with Crippen molar-refractivity contribution in [3.05, 3.63) is 54.6 Å². The average Bonchev–Trinajstić information content (AvgIpc) is 2.80. The highest BCUT2D eigenvalue weighted by Crippen LogP contribution is 2.22. The number of hydrogen-bond donors (Lipinski definition) is 0. The van der Waals surface area contributed by atoms with Crippen molar-refractivity contribution in [2.75, 3.05) is 0 Å². The second-order valence-corrected chi connectivity index (χ2v) is 3.50. The van der Waals surface area contributed by atoms with Crippen LogP contribution < -0.4 is 0 Å². The van der Waals surface area contributed by atoms with Crippen LogP contribution in [-0.4, -0.2) is 4.98 Å². The topological polar surface area (TPSA) is 50.8 Å². The molecule has 0 atom stereocenters. The van der Waals surface area contributed by atoms with Crippen LogP contribution in [0.2, 0.25) is 0 Å². The zero-order valence-corrected chi connectivity index (χ0v) is 8.95. The van der Waals surface area contributed by atoms with Gasteiger partial charge >= 0.3 is 6.01 Å². The summed E-state index contributed by atoms with van der Waals surface area (Å²) in [6.45, 7) is 0. The highest BCUT2D eigenvalue weighted by Gasteiger charge is 2.02. The SMILES string of the molecule is c1ccc(/N=N/c2nc3ccccc3o2)cc1. The first-order valence-electron chi connectivity index (χ1n) is 5.24. The maximum atomic E-state index is 5.42. The summed E-state index contributed by atoms with van der Waals surface area (Å²) in [4.78, 5) is 4.20. The van der Waals surface area contributed by atoms with Gasteiger partial charge in [0.2, 0.25) is 0 Å². The number of oxazole rings is 1. The van der Waals surface area contributed by atoms with Crippen LogP contribution in [0.5, 0.6) is 0 Å². The quantitative estimate of drug-likeness (QED) is 0.610. The van der Waals surface area contributed by atoms with Gasteiger partial charge < -0.3 is 4.42 Å². The third kappa shape index (κ3) is 2.06. The van der Waals surface area contributed by atoms with Crippen molar-refractivity contribution in [3.8, 4) is 0 Å². The average molecular weight is 223 g/mol. The van der Waals surface area contributed by atoms with Gasteiger partial charge in [-0.1, -0.05) is 35.4 Å². The molecule has 2 aromatic carbocycles. The summed E-state index contributed by atoms with van der Waals surface area (Å²) in [5, 5.41) is 8.00. The number of hydrogen-bond acceptors (Lipinski definition) is 4. The second-order valence-electron chi connectivity index (χ2n) is 3.50. The van der Waals surface area contributed by atoms with Crippen LogP contribution in [0, 0.1) is 0 Å². The Labute approximate surface area is 97.6 Å². The van der Waals surface area contributed by atoms with E-state index in [2.05, 4.69) is 15.2 Å². The number of benzene rings is 2. The molecule has 0 radical (unpaired) electrons. The van der Waals surface area contributed by atoms with E-state index in [1.807, 2.05) is 54.6 Å². The normalized spacial score (nSPS) is 11.3. The summed E-state index contributed by atoms with van der Waals surface area (Å²) < 4.78 is 5.42. The van der Waals surface area contributed by atoms with Crippen LogP contribution in [0.3, 0.4) is 0 Å². The molecule has 4 nitrogen and oxygen atoms in total. The summed E-state index contributed by atoms with van der Waals surface area (Å²) in [6.07, 6.45) is 0. The van der Waals surface area contributed by atoms with Crippen molar-refractivity contribution in [3.63, 3.8) is 0 Å². The first-order chi connectivity index (χ1) is 8.42. The molecule has 17 heavy (non-hydrogen) atoms. The van der Waals surface area contributed by atoms with Crippen LogP contribution in [0.1, 0.15) is 0 Å². The highest BCUT2D eigenvalue weighted by atomic mass is 16.4. The van der Waals surface area contributed by atoms with Gasteiger partial charge in [-0.25, -0.2) is 0 Å². The zero-order valence-electron chi connectivity index (χ0n) is 8.95. The minimum atomic E-state index is 0.273. The molecular formula is C13H9N3O. The van der Waals surface area contributed by atoms with Gasteiger partial charge in [0.25, 0.3) is 0 Å². The van der Waals surface area contributed by atoms with Gasteiger partial charge in [0, 0.05) is 0 Å². The fraction of sp³-hybridized carbons (Fsp3) is 0. The molecule has 0 fully saturated rings. The van der Waals surface area contributed by atoms with Crippen molar-refractivity contribution in [1.82, 2.24) is 4.98 Å². The molecule has 1 heterocycles. The van der Waals surface area contributed by atoms with Crippen molar-refractivity contribution in [2.45, 2.75) is 0 Å². The van der Waals surface area contributed by atoms with Crippen LogP contribution in [0.25, 0.3) is 11.1 Å². The highest BCUT2D eigenvalue weighted by molar-refractivity contribution is 5.73. The number of rotatable bonds is 2. The van der Waals surface area contributed by atoms with Crippen LogP contribution >= 0.6 is 0 Å². The van der Waals surface area contributed by atoms with Gasteiger partial charge in [-0.05, 0) is 24.3 Å². The molecule has 0 aliphatic rings. The van der Waals surface area contributed by atoms with Crippen molar-refractivity contribution >= 4 is 22.8 Å². The molecule has 1 aromatic heterocycles. The monoisotopic (exact) mass is 223 g/mol. The van der Waals surface area contributed by atoms with Crippen molar-refractivity contribution in [1.29, 1.82) is 0 Å². The zero-order chi connectivity index (χ0) is 11.5. The maximum absolute atomic E-state index is 5.42. The third-order valence-electron chi connectivity index (χ3n) is 2.29. The second kappa shape index (κ2) is 4.17. The molecule has 0 saturated heterocycles. The standard InChI is InChI=1S/C13H9N3O/c1-2-6-10(7-3-1)15-16-13-14-11-8-4-5-9-12(11)17-13/h1-9H/b16-15+. The first-order valence-corrected chi connectivity index (χ1v) is 5.24. The van der Waals surface area contributed by atoms with E-state index in [1.54, 1.807) is 0 Å². The van der Waals surface area contributed by atoms with E-state index in [0.29, 0.717) is 0 Å². The van der Waals surface area contributed by atoms with Gasteiger partial charge in [-0.15, -0.1) is 5.11 Å². The lowest BCUT2D eigenvalue weighted by Gasteiger charge is -1.87. The third-order valence-corrected chi connectivity index (χ3v) is 2.29. The number of fused-ring (bicyclic) bond motifs is 1. The summed E-state index contributed by atoms with van der Waals surface area (Å²) in [5.74, 6) is 0. The molecule has 0 bridgehead atoms. The fourth-order valence-corrected chi connectivity index (χ4v) is 1.50. The smallest absolute Gasteiger partial charge is 0.341 e. The summed E-state index contributed by atoms with van der Waals surface area (Å²) in [7, 11) is 0. The van der Waals surface area contributed by atoms with E-state index in [4.69, 9.17) is 4.42 Å². The first kappa shape index (κ1) is 9.72. The molecular weight excluding hydrogens is 214 g/mol. The van der Waals surface area contributed by atoms with Gasteiger partial charge in [-0.2, -0.15) is 4.98 Å². The number of azo groups is 1. The minimum absolute atomic E-state index is 0.273. The molecule has 0 unspecified atom stereocenters. The van der Waals surface area contributed by atoms with Crippen molar-refractivity contribution < 1.29 is 4.42 Å². The fourth-order valence-electron chi connectivity index (χ4n) is 1.50. The lowest BCUT2D eigenvalue weighted by Crippen LogP contribution is -1.64. The van der Waals surface area contributed by atoms with E-state index in [-0.39, 0.29) is 6.01 Å². The van der Waals surface area contributed by atoms with Gasteiger partial charge in [0.15, 0.2) is 5.58 Å². The Morgan fingerprint density at radius 1 is 0.824 bits per heavy atom. The molecule has 0 amide bonds. The van der Waals surface area contributed by atoms with E-state index in [1.165, 1.54) is 0 Å². The Hall–Kier alpha value is -2.49. The largest absolute Gasteiger partial charge is 0.421 e. The van der Waals surface area contributed by atoms with E-state index in [0.717, 1.165) is 16.8 Å². The Bertz CT molecular complexity index is 625. The van der Waals surface area contributed by atoms with Crippen LogP contribution in [-0.2, 0) is 0 Å². The van der Waals surface area contributed by atoms with Gasteiger partial charge in [0.05, 0.1) is 5.69 Å². The maximum Gasteiger partial charge on any atom is 0.341 e. The summed E-state index contributed by atoms with van der Waals surface area (Å²) in [5.41, 5.74) is 2.28. The van der Waals surface area contributed by atoms with Gasteiger partial charge in [-0.3, -0.25) is 0 Å².